The van der Waals surface area contributed by atoms with Gasteiger partial charge >= 0.3 is 6.03 Å². The number of unbranched alkanes of at least 4 members (excludes halogenated alkanes) is 2. The van der Waals surface area contributed by atoms with E-state index in [2.05, 4.69) is 22.5 Å². The molecule has 2 amide bonds. The number of ether oxygens (including phenoxy) is 1. The Bertz CT molecular complexity index is 470. The van der Waals surface area contributed by atoms with Gasteiger partial charge in [0.25, 0.3) is 0 Å². The summed E-state index contributed by atoms with van der Waals surface area (Å²) in [6, 6.07) is 7.38. The molecule has 0 radical (unpaired) electrons. The van der Waals surface area contributed by atoms with Crippen LogP contribution in [0, 0.1) is 0 Å². The lowest BCUT2D eigenvalue weighted by molar-refractivity contribution is 0.251. The highest BCUT2D eigenvalue weighted by atomic mass is 16.5. The lowest BCUT2D eigenvalue weighted by atomic mass is 10.3. The van der Waals surface area contributed by atoms with Crippen LogP contribution in [0.15, 0.2) is 24.3 Å². The predicted octanol–water partition coefficient (Wildman–Crippen LogP) is 3.86. The number of hydrogen-bond donors (Lipinski definition) is 2. The molecule has 1 aromatic carbocycles. The molecule has 5 heteroatoms. The van der Waals surface area contributed by atoms with Crippen molar-refractivity contribution >= 4 is 11.7 Å². The zero-order chi connectivity index (χ0) is 17.0. The molecule has 0 atom stereocenters. The minimum absolute atomic E-state index is 0.143. The number of hydrogen-bond acceptors (Lipinski definition) is 3. The molecule has 2 N–H and O–H groups in total. The summed E-state index contributed by atoms with van der Waals surface area (Å²) in [5.41, 5.74) is 0.785. The van der Waals surface area contributed by atoms with Crippen molar-refractivity contribution in [2.75, 3.05) is 38.1 Å². The van der Waals surface area contributed by atoms with Crippen molar-refractivity contribution in [2.45, 2.75) is 45.4 Å². The molecule has 24 heavy (non-hydrogen) atoms. The Labute approximate surface area is 145 Å². The molecule has 2 rings (SSSR count). The van der Waals surface area contributed by atoms with Gasteiger partial charge in [0.05, 0.1) is 6.61 Å². The first-order valence-corrected chi connectivity index (χ1v) is 9.28. The third-order valence-corrected chi connectivity index (χ3v) is 4.26. The van der Waals surface area contributed by atoms with Crippen LogP contribution in [0.4, 0.5) is 10.5 Å². The Kier molecular flexibility index (Phi) is 8.46. The number of rotatable bonds is 10. The van der Waals surface area contributed by atoms with Crippen LogP contribution in [-0.2, 0) is 0 Å². The van der Waals surface area contributed by atoms with E-state index in [1.807, 2.05) is 24.3 Å². The molecule has 0 aromatic heterocycles. The average Bonchev–Trinajstić information content (AvgIpc) is 3.10. The number of nitrogens with zero attached hydrogens (tertiary/aromatic N) is 1. The number of amides is 2. The topological polar surface area (TPSA) is 53.6 Å². The lowest BCUT2D eigenvalue weighted by Crippen LogP contribution is -2.30. The second-order valence-corrected chi connectivity index (χ2v) is 6.36. The average molecular weight is 333 g/mol. The second kappa shape index (κ2) is 10.9. The second-order valence-electron chi connectivity index (χ2n) is 6.36. The zero-order valence-electron chi connectivity index (χ0n) is 14.9. The van der Waals surface area contributed by atoms with Gasteiger partial charge in [-0.05, 0) is 76.0 Å². The van der Waals surface area contributed by atoms with Crippen LogP contribution in [0.5, 0.6) is 5.75 Å². The van der Waals surface area contributed by atoms with E-state index in [4.69, 9.17) is 4.74 Å². The van der Waals surface area contributed by atoms with Crippen molar-refractivity contribution < 1.29 is 9.53 Å². The molecule has 0 unspecified atom stereocenters. The molecule has 1 aromatic rings. The minimum Gasteiger partial charge on any atom is -0.494 e. The number of nitrogens with one attached hydrogen (secondary N) is 2. The van der Waals surface area contributed by atoms with Crippen LogP contribution in [0.3, 0.4) is 0 Å². The summed E-state index contributed by atoms with van der Waals surface area (Å²) in [5.74, 6) is 0.844. The number of carbonyl (C=O) groups excluding carboxylic acids is 1. The first-order chi connectivity index (χ1) is 11.8. The van der Waals surface area contributed by atoms with E-state index in [-0.39, 0.29) is 6.03 Å². The molecule has 0 bridgehead atoms. The van der Waals surface area contributed by atoms with Crippen molar-refractivity contribution in [1.29, 1.82) is 0 Å². The van der Waals surface area contributed by atoms with Crippen molar-refractivity contribution in [3.8, 4) is 5.75 Å². The molecule has 0 spiro atoms. The van der Waals surface area contributed by atoms with Crippen LogP contribution in [0.1, 0.15) is 45.4 Å². The zero-order valence-corrected chi connectivity index (χ0v) is 14.9. The minimum atomic E-state index is -0.143. The van der Waals surface area contributed by atoms with Crippen LogP contribution >= 0.6 is 0 Å². The van der Waals surface area contributed by atoms with Gasteiger partial charge in [-0.25, -0.2) is 4.79 Å². The summed E-state index contributed by atoms with van der Waals surface area (Å²) >= 11 is 0. The third-order valence-electron chi connectivity index (χ3n) is 4.26. The molecular formula is C19H31N3O2. The Hall–Kier alpha value is -1.75. The van der Waals surface area contributed by atoms with Crippen molar-refractivity contribution in [3.05, 3.63) is 24.3 Å². The maximum absolute atomic E-state index is 11.9. The maximum Gasteiger partial charge on any atom is 0.319 e. The Morgan fingerprint density at radius 3 is 2.58 bits per heavy atom. The van der Waals surface area contributed by atoms with E-state index >= 15 is 0 Å². The van der Waals surface area contributed by atoms with Crippen molar-refractivity contribution in [3.63, 3.8) is 0 Å². The quantitative estimate of drug-likeness (QED) is 0.639. The number of likely N-dealkylation sites (tertiary alicyclic amines) is 1. The molecule has 1 heterocycles. The van der Waals surface area contributed by atoms with Gasteiger partial charge in [-0.2, -0.15) is 0 Å². The standard InChI is InChI=1S/C19H31N3O2/c1-2-3-16-24-18-10-8-17(9-11-18)21-19(23)20-12-4-5-13-22-14-6-7-15-22/h8-11H,2-7,12-16H2,1H3,(H2,20,21,23). The largest absolute Gasteiger partial charge is 0.494 e. The summed E-state index contributed by atoms with van der Waals surface area (Å²) in [6.07, 6.45) is 7.02. The fraction of sp³-hybridized carbons (Fsp3) is 0.632. The Balaban J connectivity index is 1.56. The van der Waals surface area contributed by atoms with E-state index in [9.17, 15) is 4.79 Å². The molecule has 1 saturated heterocycles. The number of benzene rings is 1. The molecule has 1 fully saturated rings. The lowest BCUT2D eigenvalue weighted by Gasteiger charge is -2.14. The Morgan fingerprint density at radius 2 is 1.88 bits per heavy atom. The van der Waals surface area contributed by atoms with Gasteiger partial charge in [-0.1, -0.05) is 13.3 Å². The maximum atomic E-state index is 11.9. The predicted molar refractivity (Wildman–Crippen MR) is 98.8 cm³/mol. The summed E-state index contributed by atoms with van der Waals surface area (Å²) in [7, 11) is 0. The van der Waals surface area contributed by atoms with Gasteiger partial charge in [0.2, 0.25) is 0 Å². The molecule has 1 aliphatic rings. The van der Waals surface area contributed by atoms with E-state index in [0.29, 0.717) is 0 Å². The monoisotopic (exact) mass is 333 g/mol. The first kappa shape index (κ1) is 18.6. The van der Waals surface area contributed by atoms with Crippen molar-refractivity contribution in [1.82, 2.24) is 10.2 Å². The molecule has 5 nitrogen and oxygen atoms in total. The van der Waals surface area contributed by atoms with E-state index in [1.165, 1.54) is 25.9 Å². The summed E-state index contributed by atoms with van der Waals surface area (Å²) < 4.78 is 5.61. The first-order valence-electron chi connectivity index (χ1n) is 9.28. The highest BCUT2D eigenvalue weighted by molar-refractivity contribution is 5.89. The van der Waals surface area contributed by atoms with E-state index in [0.717, 1.165) is 56.8 Å². The highest BCUT2D eigenvalue weighted by Gasteiger charge is 2.10. The molecule has 0 aliphatic carbocycles. The van der Waals surface area contributed by atoms with Crippen LogP contribution in [-0.4, -0.2) is 43.7 Å². The third kappa shape index (κ3) is 7.21. The SMILES string of the molecule is CCCCOc1ccc(NC(=O)NCCCCN2CCCC2)cc1. The van der Waals surface area contributed by atoms with Gasteiger partial charge in [0, 0.05) is 12.2 Å². The van der Waals surface area contributed by atoms with Crippen LogP contribution in [0.25, 0.3) is 0 Å². The summed E-state index contributed by atoms with van der Waals surface area (Å²) in [4.78, 5) is 14.4. The smallest absolute Gasteiger partial charge is 0.319 e. The van der Waals surface area contributed by atoms with Gasteiger partial charge in [-0.15, -0.1) is 0 Å². The molecular weight excluding hydrogens is 302 g/mol. The van der Waals surface area contributed by atoms with E-state index in [1.54, 1.807) is 0 Å². The Morgan fingerprint density at radius 1 is 1.12 bits per heavy atom. The van der Waals surface area contributed by atoms with Gasteiger partial charge in [0.1, 0.15) is 5.75 Å². The summed E-state index contributed by atoms with van der Waals surface area (Å²) in [6.45, 7) is 7.24. The van der Waals surface area contributed by atoms with Gasteiger partial charge in [0.15, 0.2) is 0 Å². The van der Waals surface area contributed by atoms with Gasteiger partial charge in [-0.3, -0.25) is 0 Å². The molecule has 134 valence electrons. The van der Waals surface area contributed by atoms with Crippen molar-refractivity contribution in [2.24, 2.45) is 0 Å². The number of anilines is 1. The molecule has 0 saturated carbocycles. The number of carbonyl (C=O) groups is 1. The van der Waals surface area contributed by atoms with Gasteiger partial charge < -0.3 is 20.3 Å². The summed E-state index contributed by atoms with van der Waals surface area (Å²) in [5, 5.41) is 5.77. The number of urea groups is 1. The fourth-order valence-electron chi connectivity index (χ4n) is 2.81. The normalized spacial score (nSPS) is 14.5. The van der Waals surface area contributed by atoms with Crippen LogP contribution < -0.4 is 15.4 Å². The van der Waals surface area contributed by atoms with E-state index < -0.39 is 0 Å². The fourth-order valence-corrected chi connectivity index (χ4v) is 2.81. The highest BCUT2D eigenvalue weighted by Crippen LogP contribution is 2.16. The van der Waals surface area contributed by atoms with Crippen LogP contribution in [0.2, 0.25) is 0 Å². The molecule has 1 aliphatic heterocycles.